The molecule has 0 spiro atoms. The summed E-state index contributed by atoms with van der Waals surface area (Å²) in [6.45, 7) is 6.59. The molecule has 1 unspecified atom stereocenters. The molecule has 0 fully saturated rings. The van der Waals surface area contributed by atoms with Crippen molar-refractivity contribution in [2.24, 2.45) is 4.99 Å². The summed E-state index contributed by atoms with van der Waals surface area (Å²) in [7, 11) is 4.13. The minimum atomic E-state index is 0.530. The third kappa shape index (κ3) is 2.36. The first-order chi connectivity index (χ1) is 6.19. The van der Waals surface area contributed by atoms with Gasteiger partial charge in [0, 0.05) is 27.2 Å². The van der Waals surface area contributed by atoms with Gasteiger partial charge in [0.1, 0.15) is 0 Å². The molecular weight excluding hydrogens is 162 g/mol. The van der Waals surface area contributed by atoms with Crippen molar-refractivity contribution in [2.75, 3.05) is 27.2 Å². The maximum Gasteiger partial charge on any atom is 0.196 e. The van der Waals surface area contributed by atoms with Gasteiger partial charge in [0.05, 0.1) is 6.04 Å². The zero-order valence-electron chi connectivity index (χ0n) is 9.25. The first kappa shape index (κ1) is 10.4. The van der Waals surface area contributed by atoms with Crippen LogP contribution in [0.15, 0.2) is 4.99 Å². The predicted molar refractivity (Wildman–Crippen MR) is 57.1 cm³/mol. The summed E-state index contributed by atoms with van der Waals surface area (Å²) < 4.78 is 0. The Balaban J connectivity index is 2.60. The average Bonchev–Trinajstić information content (AvgIpc) is 2.48. The zero-order chi connectivity index (χ0) is 9.84. The van der Waals surface area contributed by atoms with E-state index in [4.69, 9.17) is 4.99 Å². The average molecular weight is 183 g/mol. The number of guanidine groups is 1. The Morgan fingerprint density at radius 1 is 1.46 bits per heavy atom. The van der Waals surface area contributed by atoms with Crippen LogP contribution in [0.2, 0.25) is 0 Å². The van der Waals surface area contributed by atoms with E-state index in [2.05, 4.69) is 37.7 Å². The molecule has 1 aliphatic heterocycles. The number of aliphatic imine (C=N–C) groups is 1. The molecule has 0 N–H and O–H groups in total. The van der Waals surface area contributed by atoms with Crippen molar-refractivity contribution in [3.05, 3.63) is 0 Å². The van der Waals surface area contributed by atoms with Gasteiger partial charge in [-0.15, -0.1) is 0 Å². The molecule has 1 rings (SSSR count). The molecule has 0 aromatic rings. The van der Waals surface area contributed by atoms with E-state index in [1.54, 1.807) is 0 Å². The van der Waals surface area contributed by atoms with Crippen molar-refractivity contribution in [2.45, 2.75) is 32.7 Å². The topological polar surface area (TPSA) is 18.8 Å². The van der Waals surface area contributed by atoms with Gasteiger partial charge in [0.25, 0.3) is 0 Å². The van der Waals surface area contributed by atoms with E-state index in [1.807, 2.05) is 0 Å². The molecule has 76 valence electrons. The first-order valence-electron chi connectivity index (χ1n) is 5.19. The summed E-state index contributed by atoms with van der Waals surface area (Å²) >= 11 is 0. The molecule has 0 aliphatic carbocycles. The van der Waals surface area contributed by atoms with Gasteiger partial charge in [0.2, 0.25) is 0 Å². The lowest BCUT2D eigenvalue weighted by Crippen LogP contribution is -2.37. The van der Waals surface area contributed by atoms with Gasteiger partial charge in [-0.3, -0.25) is 0 Å². The van der Waals surface area contributed by atoms with Crippen molar-refractivity contribution in [1.82, 2.24) is 9.80 Å². The van der Waals surface area contributed by atoms with Crippen LogP contribution in [-0.2, 0) is 0 Å². The minimum Gasteiger partial charge on any atom is -0.349 e. The Labute approximate surface area is 81.4 Å². The molecule has 0 saturated heterocycles. The van der Waals surface area contributed by atoms with Crippen molar-refractivity contribution >= 4 is 5.96 Å². The lowest BCUT2D eigenvalue weighted by Gasteiger charge is -2.23. The van der Waals surface area contributed by atoms with Gasteiger partial charge in [0.15, 0.2) is 5.96 Å². The number of hydrogen-bond donors (Lipinski definition) is 0. The van der Waals surface area contributed by atoms with Crippen LogP contribution in [0, 0.1) is 0 Å². The van der Waals surface area contributed by atoms with Gasteiger partial charge in [-0.1, -0.05) is 13.3 Å². The van der Waals surface area contributed by atoms with Crippen LogP contribution < -0.4 is 0 Å². The molecular formula is C10H21N3. The fourth-order valence-electron chi connectivity index (χ4n) is 1.78. The van der Waals surface area contributed by atoms with Gasteiger partial charge >= 0.3 is 0 Å². The zero-order valence-corrected chi connectivity index (χ0v) is 9.25. The molecule has 0 saturated carbocycles. The molecule has 0 aromatic heterocycles. The van der Waals surface area contributed by atoms with Gasteiger partial charge < -0.3 is 9.80 Å². The highest BCUT2D eigenvalue weighted by molar-refractivity contribution is 5.81. The number of hydrogen-bond acceptors (Lipinski definition) is 3. The highest BCUT2D eigenvalue weighted by atomic mass is 15.4. The second-order valence-corrected chi connectivity index (χ2v) is 3.80. The molecule has 3 nitrogen and oxygen atoms in total. The lowest BCUT2D eigenvalue weighted by molar-refractivity contribution is 0.394. The SMILES string of the molecule is CCCC1CN(CC)C(N(C)C)=N1. The molecule has 1 atom stereocenters. The number of rotatable bonds is 3. The second-order valence-electron chi connectivity index (χ2n) is 3.80. The van der Waals surface area contributed by atoms with Crippen LogP contribution >= 0.6 is 0 Å². The third-order valence-corrected chi connectivity index (χ3v) is 2.42. The van der Waals surface area contributed by atoms with E-state index in [9.17, 15) is 0 Å². The standard InChI is InChI=1S/C10H21N3/c1-5-7-9-8-13(6-2)10(11-9)12(3)4/h9H,5-8H2,1-4H3. The fraction of sp³-hybridized carbons (Fsp3) is 0.900. The molecule has 0 bridgehead atoms. The molecule has 13 heavy (non-hydrogen) atoms. The molecule has 1 aliphatic rings. The Bertz CT molecular complexity index is 187. The summed E-state index contributed by atoms with van der Waals surface area (Å²) in [4.78, 5) is 9.16. The molecule has 1 heterocycles. The smallest absolute Gasteiger partial charge is 0.196 e. The maximum absolute atomic E-state index is 4.70. The van der Waals surface area contributed by atoms with E-state index in [0.717, 1.165) is 19.0 Å². The highest BCUT2D eigenvalue weighted by Crippen LogP contribution is 2.14. The molecule has 0 amide bonds. The molecule has 3 heteroatoms. The van der Waals surface area contributed by atoms with E-state index in [1.165, 1.54) is 12.8 Å². The number of likely N-dealkylation sites (N-methyl/N-ethyl adjacent to an activating group) is 1. The van der Waals surface area contributed by atoms with Gasteiger partial charge in [-0.25, -0.2) is 4.99 Å². The van der Waals surface area contributed by atoms with Crippen LogP contribution in [0.5, 0.6) is 0 Å². The van der Waals surface area contributed by atoms with Crippen LogP contribution in [0.25, 0.3) is 0 Å². The van der Waals surface area contributed by atoms with Gasteiger partial charge in [-0.05, 0) is 13.3 Å². The lowest BCUT2D eigenvalue weighted by atomic mass is 10.2. The number of nitrogens with zero attached hydrogens (tertiary/aromatic N) is 3. The van der Waals surface area contributed by atoms with Crippen LogP contribution in [-0.4, -0.2) is 49.0 Å². The fourth-order valence-corrected chi connectivity index (χ4v) is 1.78. The normalized spacial score (nSPS) is 22.0. The van der Waals surface area contributed by atoms with Crippen molar-refractivity contribution in [3.63, 3.8) is 0 Å². The van der Waals surface area contributed by atoms with Crippen LogP contribution in [0.1, 0.15) is 26.7 Å². The largest absolute Gasteiger partial charge is 0.349 e. The third-order valence-electron chi connectivity index (χ3n) is 2.42. The Kier molecular flexibility index (Phi) is 3.58. The van der Waals surface area contributed by atoms with E-state index >= 15 is 0 Å². The van der Waals surface area contributed by atoms with E-state index in [0.29, 0.717) is 6.04 Å². The summed E-state index contributed by atoms with van der Waals surface area (Å²) in [6, 6.07) is 0.530. The molecule has 0 radical (unpaired) electrons. The Morgan fingerprint density at radius 2 is 2.15 bits per heavy atom. The predicted octanol–water partition coefficient (Wildman–Crippen LogP) is 1.41. The second kappa shape index (κ2) is 4.49. The molecule has 0 aromatic carbocycles. The van der Waals surface area contributed by atoms with Crippen LogP contribution in [0.3, 0.4) is 0 Å². The monoisotopic (exact) mass is 183 g/mol. The van der Waals surface area contributed by atoms with E-state index < -0.39 is 0 Å². The van der Waals surface area contributed by atoms with Gasteiger partial charge in [-0.2, -0.15) is 0 Å². The van der Waals surface area contributed by atoms with Crippen molar-refractivity contribution < 1.29 is 0 Å². The summed E-state index contributed by atoms with van der Waals surface area (Å²) in [6.07, 6.45) is 2.44. The summed E-state index contributed by atoms with van der Waals surface area (Å²) in [5.74, 6) is 1.15. The quantitative estimate of drug-likeness (QED) is 0.659. The first-order valence-corrected chi connectivity index (χ1v) is 5.19. The minimum absolute atomic E-state index is 0.530. The van der Waals surface area contributed by atoms with Crippen molar-refractivity contribution in [1.29, 1.82) is 0 Å². The van der Waals surface area contributed by atoms with E-state index in [-0.39, 0.29) is 0 Å². The maximum atomic E-state index is 4.70. The van der Waals surface area contributed by atoms with Crippen molar-refractivity contribution in [3.8, 4) is 0 Å². The Hall–Kier alpha value is -0.730. The van der Waals surface area contributed by atoms with Crippen LogP contribution in [0.4, 0.5) is 0 Å². The summed E-state index contributed by atoms with van der Waals surface area (Å²) in [5.41, 5.74) is 0. The summed E-state index contributed by atoms with van der Waals surface area (Å²) in [5, 5.41) is 0. The highest BCUT2D eigenvalue weighted by Gasteiger charge is 2.23. The Morgan fingerprint density at radius 3 is 2.54 bits per heavy atom.